The molecule has 0 radical (unpaired) electrons. The van der Waals surface area contributed by atoms with Crippen LogP contribution >= 0.6 is 0 Å². The highest BCUT2D eigenvalue weighted by atomic mass is 16.5. The van der Waals surface area contributed by atoms with E-state index in [1.807, 2.05) is 0 Å². The van der Waals surface area contributed by atoms with E-state index in [4.69, 9.17) is 10.5 Å². The Morgan fingerprint density at radius 1 is 1.16 bits per heavy atom. The van der Waals surface area contributed by atoms with Crippen LogP contribution in [-0.2, 0) is 0 Å². The highest BCUT2D eigenvalue weighted by Crippen LogP contribution is 2.21. The molecular weight excluding hydrogens is 244 g/mol. The standard InChI is InChI=1S/C13H14N4O2/c1-15-17-13(18)9-2-4-10(5-3-9)19-11-6-7-12(14)16-8-11/h2-8,15H,1H3,(H2,14,16)(H,17,18). The van der Waals surface area contributed by atoms with Crippen LogP contribution in [0.3, 0.4) is 0 Å². The van der Waals surface area contributed by atoms with Crippen molar-refractivity contribution in [1.82, 2.24) is 15.8 Å². The van der Waals surface area contributed by atoms with Crippen LogP contribution in [0.1, 0.15) is 10.4 Å². The van der Waals surface area contributed by atoms with Crippen molar-refractivity contribution in [2.24, 2.45) is 0 Å². The SMILES string of the molecule is CNNC(=O)c1ccc(Oc2ccc(N)nc2)cc1. The second kappa shape index (κ2) is 5.83. The number of hydrogen-bond donors (Lipinski definition) is 3. The summed E-state index contributed by atoms with van der Waals surface area (Å²) >= 11 is 0. The number of ether oxygens (including phenoxy) is 1. The summed E-state index contributed by atoms with van der Waals surface area (Å²) in [6.45, 7) is 0. The molecule has 0 unspecified atom stereocenters. The Bertz CT molecular complexity index is 552. The quantitative estimate of drug-likeness (QED) is 0.720. The lowest BCUT2D eigenvalue weighted by molar-refractivity contribution is 0.0938. The van der Waals surface area contributed by atoms with Crippen LogP contribution in [0.15, 0.2) is 42.6 Å². The van der Waals surface area contributed by atoms with E-state index in [-0.39, 0.29) is 5.91 Å². The van der Waals surface area contributed by atoms with E-state index in [9.17, 15) is 4.79 Å². The normalized spacial score (nSPS) is 9.95. The summed E-state index contributed by atoms with van der Waals surface area (Å²) in [5, 5.41) is 0. The van der Waals surface area contributed by atoms with Crippen LogP contribution in [0.25, 0.3) is 0 Å². The van der Waals surface area contributed by atoms with E-state index in [1.165, 1.54) is 6.20 Å². The first-order chi connectivity index (χ1) is 9.19. The second-order valence-electron chi connectivity index (χ2n) is 3.75. The first kappa shape index (κ1) is 12.8. The van der Waals surface area contributed by atoms with Crippen LogP contribution in [0.2, 0.25) is 0 Å². The number of hydrazine groups is 1. The molecule has 1 aromatic heterocycles. The number of carbonyl (C=O) groups is 1. The third kappa shape index (κ3) is 3.43. The second-order valence-corrected chi connectivity index (χ2v) is 3.75. The van der Waals surface area contributed by atoms with Crippen LogP contribution in [-0.4, -0.2) is 17.9 Å². The molecule has 1 aromatic carbocycles. The van der Waals surface area contributed by atoms with Gasteiger partial charge in [0.25, 0.3) is 5.91 Å². The highest BCUT2D eigenvalue weighted by Gasteiger charge is 2.04. The first-order valence-electron chi connectivity index (χ1n) is 5.65. The van der Waals surface area contributed by atoms with Crippen LogP contribution in [0, 0.1) is 0 Å². The van der Waals surface area contributed by atoms with Gasteiger partial charge in [-0.25, -0.2) is 10.4 Å². The molecule has 0 aliphatic rings. The molecule has 0 aliphatic carbocycles. The zero-order valence-corrected chi connectivity index (χ0v) is 10.4. The van der Waals surface area contributed by atoms with Crippen LogP contribution in [0.5, 0.6) is 11.5 Å². The van der Waals surface area contributed by atoms with Crippen molar-refractivity contribution in [3.05, 3.63) is 48.2 Å². The maximum Gasteiger partial charge on any atom is 0.265 e. The minimum Gasteiger partial charge on any atom is -0.456 e. The Morgan fingerprint density at radius 3 is 2.42 bits per heavy atom. The molecule has 0 saturated heterocycles. The molecular formula is C13H14N4O2. The maximum absolute atomic E-state index is 11.5. The number of nitrogens with zero attached hydrogens (tertiary/aromatic N) is 1. The minimum absolute atomic E-state index is 0.205. The summed E-state index contributed by atoms with van der Waals surface area (Å²) in [6.07, 6.45) is 1.54. The molecule has 0 aliphatic heterocycles. The van der Waals surface area contributed by atoms with Gasteiger partial charge in [-0.2, -0.15) is 0 Å². The predicted molar refractivity (Wildman–Crippen MR) is 71.7 cm³/mol. The molecule has 0 saturated carbocycles. The molecule has 1 amide bonds. The van der Waals surface area contributed by atoms with Crippen LogP contribution in [0.4, 0.5) is 5.82 Å². The van der Waals surface area contributed by atoms with Crippen molar-refractivity contribution >= 4 is 11.7 Å². The maximum atomic E-state index is 11.5. The van der Waals surface area contributed by atoms with Crippen molar-refractivity contribution in [1.29, 1.82) is 0 Å². The van der Waals surface area contributed by atoms with Gasteiger partial charge in [0.15, 0.2) is 0 Å². The van der Waals surface area contributed by atoms with Crippen molar-refractivity contribution in [2.45, 2.75) is 0 Å². The molecule has 4 N–H and O–H groups in total. The van der Waals surface area contributed by atoms with E-state index in [0.717, 1.165) is 0 Å². The fourth-order valence-corrected chi connectivity index (χ4v) is 1.45. The summed E-state index contributed by atoms with van der Waals surface area (Å²) in [7, 11) is 1.63. The summed E-state index contributed by atoms with van der Waals surface area (Å²) in [4.78, 5) is 15.4. The van der Waals surface area contributed by atoms with Gasteiger partial charge in [0.05, 0.1) is 6.20 Å². The monoisotopic (exact) mass is 258 g/mol. The van der Waals surface area contributed by atoms with Gasteiger partial charge in [0.1, 0.15) is 17.3 Å². The molecule has 0 spiro atoms. The Labute approximate surface area is 110 Å². The first-order valence-corrected chi connectivity index (χ1v) is 5.65. The topological polar surface area (TPSA) is 89.3 Å². The molecule has 0 atom stereocenters. The fraction of sp³-hybridized carbons (Fsp3) is 0.0769. The molecule has 0 fully saturated rings. The van der Waals surface area contributed by atoms with E-state index in [2.05, 4.69) is 15.8 Å². The summed E-state index contributed by atoms with van der Waals surface area (Å²) in [5.41, 5.74) is 11.1. The van der Waals surface area contributed by atoms with E-state index >= 15 is 0 Å². The lowest BCUT2D eigenvalue weighted by Gasteiger charge is -2.07. The number of nitrogens with two attached hydrogens (primary N) is 1. The molecule has 2 aromatic rings. The van der Waals surface area contributed by atoms with Gasteiger partial charge >= 0.3 is 0 Å². The average Bonchev–Trinajstić information content (AvgIpc) is 2.42. The molecule has 6 nitrogen and oxygen atoms in total. The van der Waals surface area contributed by atoms with Gasteiger partial charge in [-0.15, -0.1) is 0 Å². The Kier molecular flexibility index (Phi) is 3.94. The van der Waals surface area contributed by atoms with Crippen molar-refractivity contribution < 1.29 is 9.53 Å². The average molecular weight is 258 g/mol. The Balaban J connectivity index is 2.06. The number of amides is 1. The Morgan fingerprint density at radius 2 is 1.84 bits per heavy atom. The summed E-state index contributed by atoms with van der Waals surface area (Å²) in [5.74, 6) is 1.43. The van der Waals surface area contributed by atoms with Gasteiger partial charge in [-0.1, -0.05) is 0 Å². The number of aromatic nitrogens is 1. The number of nitrogens with one attached hydrogen (secondary N) is 2. The predicted octanol–water partition coefficient (Wildman–Crippen LogP) is 1.32. The number of anilines is 1. The lowest BCUT2D eigenvalue weighted by atomic mass is 10.2. The van der Waals surface area contributed by atoms with E-state index in [1.54, 1.807) is 43.4 Å². The molecule has 2 rings (SSSR count). The summed E-state index contributed by atoms with van der Waals surface area (Å²) in [6, 6.07) is 10.1. The number of rotatable bonds is 4. The number of hydrogen-bond acceptors (Lipinski definition) is 5. The van der Waals surface area contributed by atoms with Gasteiger partial charge < -0.3 is 10.5 Å². The lowest BCUT2D eigenvalue weighted by Crippen LogP contribution is -2.33. The number of carbonyl (C=O) groups excluding carboxylic acids is 1. The number of nitrogen functional groups attached to an aromatic ring is 1. The smallest absolute Gasteiger partial charge is 0.265 e. The van der Waals surface area contributed by atoms with Crippen molar-refractivity contribution in [3.8, 4) is 11.5 Å². The van der Waals surface area contributed by atoms with Gasteiger partial charge in [-0.3, -0.25) is 10.2 Å². The molecule has 19 heavy (non-hydrogen) atoms. The van der Waals surface area contributed by atoms with Crippen molar-refractivity contribution in [3.63, 3.8) is 0 Å². The zero-order chi connectivity index (χ0) is 13.7. The fourth-order valence-electron chi connectivity index (χ4n) is 1.45. The molecule has 0 bridgehead atoms. The number of benzene rings is 1. The minimum atomic E-state index is -0.205. The van der Waals surface area contributed by atoms with Gasteiger partial charge in [-0.05, 0) is 36.4 Å². The molecule has 6 heteroatoms. The third-order valence-corrected chi connectivity index (χ3v) is 2.35. The third-order valence-electron chi connectivity index (χ3n) is 2.35. The molecule has 1 heterocycles. The van der Waals surface area contributed by atoms with E-state index in [0.29, 0.717) is 22.9 Å². The zero-order valence-electron chi connectivity index (χ0n) is 10.4. The van der Waals surface area contributed by atoms with Crippen LogP contribution < -0.4 is 21.3 Å². The van der Waals surface area contributed by atoms with Gasteiger partial charge in [0, 0.05) is 12.6 Å². The summed E-state index contributed by atoms with van der Waals surface area (Å²) < 4.78 is 5.56. The highest BCUT2D eigenvalue weighted by molar-refractivity contribution is 5.93. The van der Waals surface area contributed by atoms with Crippen molar-refractivity contribution in [2.75, 3.05) is 12.8 Å². The Hall–Kier alpha value is -2.60. The molecule has 98 valence electrons. The van der Waals surface area contributed by atoms with E-state index < -0.39 is 0 Å². The largest absolute Gasteiger partial charge is 0.456 e. The van der Waals surface area contributed by atoms with Gasteiger partial charge in [0.2, 0.25) is 0 Å². The number of pyridine rings is 1.